The van der Waals surface area contributed by atoms with E-state index in [0.717, 1.165) is 15.9 Å². The number of nitrogens with zero attached hydrogens (tertiary/aromatic N) is 3. The molecule has 1 unspecified atom stereocenters. The first-order valence-electron chi connectivity index (χ1n) is 13.0. The molecular formula is C29H33Cl2FN4O4S. The van der Waals surface area contributed by atoms with Crippen LogP contribution >= 0.6 is 23.2 Å². The lowest BCUT2D eigenvalue weighted by molar-refractivity contribution is -0.140. The van der Waals surface area contributed by atoms with E-state index in [1.807, 2.05) is 37.3 Å². The Morgan fingerprint density at radius 3 is 2.12 bits per heavy atom. The Hall–Kier alpha value is -3.18. The van der Waals surface area contributed by atoms with E-state index >= 15 is 0 Å². The molecule has 220 valence electrons. The summed E-state index contributed by atoms with van der Waals surface area (Å²) in [6.45, 7) is 1.30. The van der Waals surface area contributed by atoms with E-state index in [-0.39, 0.29) is 28.7 Å². The van der Waals surface area contributed by atoms with Crippen LogP contribution in [0.3, 0.4) is 0 Å². The van der Waals surface area contributed by atoms with Crippen LogP contribution in [-0.2, 0) is 32.8 Å². The quantitative estimate of drug-likeness (QED) is 0.293. The van der Waals surface area contributed by atoms with Gasteiger partial charge >= 0.3 is 10.2 Å². The molecular weight excluding hydrogens is 590 g/mol. The molecule has 0 fully saturated rings. The minimum atomic E-state index is -4.32. The van der Waals surface area contributed by atoms with Crippen molar-refractivity contribution in [1.29, 1.82) is 0 Å². The first kappa shape index (κ1) is 32.3. The fourth-order valence-electron chi connectivity index (χ4n) is 4.13. The Morgan fingerprint density at radius 2 is 1.54 bits per heavy atom. The number of nitrogens with one attached hydrogen (secondary N) is 1. The molecule has 3 aromatic rings. The summed E-state index contributed by atoms with van der Waals surface area (Å²) in [5.74, 6) is -2.00. The number of rotatable bonds is 13. The van der Waals surface area contributed by atoms with Crippen molar-refractivity contribution >= 4 is 50.9 Å². The molecule has 0 aromatic heterocycles. The van der Waals surface area contributed by atoms with E-state index in [1.54, 1.807) is 18.2 Å². The molecule has 12 heteroatoms. The zero-order valence-corrected chi connectivity index (χ0v) is 25.4. The number of carbonyl (C=O) groups is 2. The lowest BCUT2D eigenvalue weighted by atomic mass is 10.0. The summed E-state index contributed by atoms with van der Waals surface area (Å²) in [6, 6.07) is 18.2. The first-order chi connectivity index (χ1) is 19.5. The number of anilines is 1. The molecule has 0 bridgehead atoms. The molecule has 0 heterocycles. The molecule has 3 aromatic carbocycles. The number of para-hydroxylation sites is 1. The van der Waals surface area contributed by atoms with Gasteiger partial charge in [-0.2, -0.15) is 12.7 Å². The molecule has 0 saturated carbocycles. The topological polar surface area (TPSA) is 90.0 Å². The zero-order chi connectivity index (χ0) is 30.2. The molecule has 8 nitrogen and oxygen atoms in total. The van der Waals surface area contributed by atoms with Crippen molar-refractivity contribution in [3.63, 3.8) is 0 Å². The SMILES string of the molecule is CCCNC(=O)C(Cc1ccccc1)N(Cc1c(Cl)cccc1Cl)C(=O)CN(c1ccccc1F)S(=O)(=O)N(C)C. The summed E-state index contributed by atoms with van der Waals surface area (Å²) in [7, 11) is -1.76. The van der Waals surface area contributed by atoms with Crippen LogP contribution in [0.4, 0.5) is 10.1 Å². The van der Waals surface area contributed by atoms with Gasteiger partial charge < -0.3 is 10.2 Å². The van der Waals surface area contributed by atoms with Gasteiger partial charge in [-0.05, 0) is 36.2 Å². The maximum atomic E-state index is 14.9. The monoisotopic (exact) mass is 622 g/mol. The maximum absolute atomic E-state index is 14.9. The molecule has 3 rings (SSSR count). The standard InChI is InChI=1S/C29H33Cl2FN4O4S/c1-4-17-33-29(38)27(18-21-11-6-5-7-12-21)35(19-22-23(30)13-10-14-24(22)31)28(37)20-36(41(39,40)34(2)3)26-16-9-8-15-25(26)32/h5-16,27H,4,17-20H2,1-3H3,(H,33,38). The van der Waals surface area contributed by atoms with Crippen LogP contribution in [0.1, 0.15) is 24.5 Å². The van der Waals surface area contributed by atoms with Gasteiger partial charge in [-0.25, -0.2) is 8.70 Å². The molecule has 0 radical (unpaired) electrons. The Balaban J connectivity index is 2.14. The maximum Gasteiger partial charge on any atom is 0.304 e. The predicted molar refractivity (Wildman–Crippen MR) is 161 cm³/mol. The predicted octanol–water partition coefficient (Wildman–Crippen LogP) is 4.91. The number of carbonyl (C=O) groups excluding carboxylic acids is 2. The molecule has 0 aliphatic carbocycles. The average molecular weight is 624 g/mol. The largest absolute Gasteiger partial charge is 0.354 e. The summed E-state index contributed by atoms with van der Waals surface area (Å²) >= 11 is 12.9. The van der Waals surface area contributed by atoms with Gasteiger partial charge in [0.2, 0.25) is 11.8 Å². The first-order valence-corrected chi connectivity index (χ1v) is 15.1. The number of hydrogen-bond donors (Lipinski definition) is 1. The van der Waals surface area contributed by atoms with Gasteiger partial charge in [-0.1, -0.05) is 78.7 Å². The highest BCUT2D eigenvalue weighted by Crippen LogP contribution is 2.28. The Bertz CT molecular complexity index is 1440. The highest BCUT2D eigenvalue weighted by Gasteiger charge is 2.36. The normalized spacial score (nSPS) is 12.2. The lowest BCUT2D eigenvalue weighted by Crippen LogP contribution is -2.54. The smallest absolute Gasteiger partial charge is 0.304 e. The molecule has 0 saturated heterocycles. The van der Waals surface area contributed by atoms with Crippen LogP contribution in [0.25, 0.3) is 0 Å². The summed E-state index contributed by atoms with van der Waals surface area (Å²) in [5.41, 5.74) is 0.859. The van der Waals surface area contributed by atoms with Gasteiger partial charge in [0.15, 0.2) is 0 Å². The second-order valence-electron chi connectivity index (χ2n) is 9.47. The van der Waals surface area contributed by atoms with E-state index in [4.69, 9.17) is 23.2 Å². The van der Waals surface area contributed by atoms with E-state index in [0.29, 0.717) is 22.8 Å². The van der Waals surface area contributed by atoms with Gasteiger partial charge in [-0.3, -0.25) is 9.59 Å². The zero-order valence-electron chi connectivity index (χ0n) is 23.1. The minimum Gasteiger partial charge on any atom is -0.354 e. The Labute approximate surface area is 250 Å². The number of halogens is 3. The van der Waals surface area contributed by atoms with Crippen LogP contribution in [0.2, 0.25) is 10.0 Å². The Kier molecular flexibility index (Phi) is 11.5. The summed E-state index contributed by atoms with van der Waals surface area (Å²) in [5, 5.41) is 3.39. The molecule has 0 spiro atoms. The average Bonchev–Trinajstić information content (AvgIpc) is 2.94. The number of amides is 2. The van der Waals surface area contributed by atoms with Gasteiger partial charge in [0.05, 0.1) is 5.69 Å². The second-order valence-corrected chi connectivity index (χ2v) is 12.3. The molecule has 0 aliphatic heterocycles. The third-order valence-electron chi connectivity index (χ3n) is 6.35. The summed E-state index contributed by atoms with van der Waals surface area (Å²) in [6.07, 6.45) is 0.792. The van der Waals surface area contributed by atoms with Crippen molar-refractivity contribution in [2.24, 2.45) is 0 Å². The van der Waals surface area contributed by atoms with Crippen LogP contribution in [0.15, 0.2) is 72.8 Å². The number of hydrogen-bond acceptors (Lipinski definition) is 4. The van der Waals surface area contributed by atoms with Crippen LogP contribution in [-0.4, -0.2) is 62.7 Å². The van der Waals surface area contributed by atoms with Crippen LogP contribution in [0.5, 0.6) is 0 Å². The summed E-state index contributed by atoms with van der Waals surface area (Å²) in [4.78, 5) is 29.0. The van der Waals surface area contributed by atoms with Gasteiger partial charge in [0, 0.05) is 49.2 Å². The van der Waals surface area contributed by atoms with Crippen molar-refractivity contribution in [1.82, 2.24) is 14.5 Å². The van der Waals surface area contributed by atoms with Crippen molar-refractivity contribution in [2.75, 3.05) is 31.5 Å². The highest BCUT2D eigenvalue weighted by atomic mass is 35.5. The van der Waals surface area contributed by atoms with E-state index < -0.39 is 40.4 Å². The fourth-order valence-corrected chi connectivity index (χ4v) is 5.71. The van der Waals surface area contributed by atoms with Crippen LogP contribution < -0.4 is 9.62 Å². The summed E-state index contributed by atoms with van der Waals surface area (Å²) < 4.78 is 43.2. The van der Waals surface area contributed by atoms with Crippen molar-refractivity contribution in [3.05, 3.63) is 99.8 Å². The van der Waals surface area contributed by atoms with Crippen LogP contribution in [0, 0.1) is 5.82 Å². The van der Waals surface area contributed by atoms with Gasteiger partial charge in [0.25, 0.3) is 0 Å². The lowest BCUT2D eigenvalue weighted by Gasteiger charge is -2.34. The molecule has 41 heavy (non-hydrogen) atoms. The second kappa shape index (κ2) is 14.6. The molecule has 0 aliphatic rings. The third-order valence-corrected chi connectivity index (χ3v) is 8.86. The van der Waals surface area contributed by atoms with E-state index in [2.05, 4.69) is 5.32 Å². The number of benzene rings is 3. The highest BCUT2D eigenvalue weighted by molar-refractivity contribution is 7.90. The van der Waals surface area contributed by atoms with E-state index in [1.165, 1.54) is 37.2 Å². The third kappa shape index (κ3) is 8.19. The fraction of sp³-hybridized carbons (Fsp3) is 0.310. The van der Waals surface area contributed by atoms with Crippen molar-refractivity contribution in [3.8, 4) is 0 Å². The minimum absolute atomic E-state index is 0.129. The van der Waals surface area contributed by atoms with Gasteiger partial charge in [-0.15, -0.1) is 0 Å². The van der Waals surface area contributed by atoms with Crippen molar-refractivity contribution in [2.45, 2.75) is 32.4 Å². The van der Waals surface area contributed by atoms with E-state index in [9.17, 15) is 22.4 Å². The van der Waals surface area contributed by atoms with Gasteiger partial charge in [0.1, 0.15) is 18.4 Å². The Morgan fingerprint density at radius 1 is 0.927 bits per heavy atom. The molecule has 2 amide bonds. The molecule has 1 atom stereocenters. The van der Waals surface area contributed by atoms with Crippen molar-refractivity contribution < 1.29 is 22.4 Å². The molecule has 1 N–H and O–H groups in total.